The van der Waals surface area contributed by atoms with E-state index in [2.05, 4.69) is 29.0 Å². The van der Waals surface area contributed by atoms with Crippen LogP contribution in [0.15, 0.2) is 47.3 Å². The molecule has 2 saturated heterocycles. The number of benzene rings is 2. The first-order valence-corrected chi connectivity index (χ1v) is 9.98. The molecule has 2 aliphatic heterocycles. The number of fused-ring (bicyclic) bond motifs is 2. The molecule has 2 fully saturated rings. The van der Waals surface area contributed by atoms with Crippen LogP contribution in [0.4, 0.5) is 5.69 Å². The summed E-state index contributed by atoms with van der Waals surface area (Å²) in [5, 5.41) is 9.80. The Labute approximate surface area is 169 Å². The highest BCUT2D eigenvalue weighted by Crippen LogP contribution is 2.34. The van der Waals surface area contributed by atoms with Gasteiger partial charge in [-0.05, 0) is 49.2 Å². The van der Waals surface area contributed by atoms with Crippen molar-refractivity contribution >= 4 is 16.6 Å². The Morgan fingerprint density at radius 3 is 2.52 bits per heavy atom. The van der Waals surface area contributed by atoms with Crippen LogP contribution in [0.5, 0.6) is 0 Å². The summed E-state index contributed by atoms with van der Waals surface area (Å²) in [5.41, 5.74) is 3.05. The van der Waals surface area contributed by atoms with Gasteiger partial charge in [0.2, 0.25) is 0 Å². The summed E-state index contributed by atoms with van der Waals surface area (Å²) in [6.45, 7) is 4.41. The third-order valence-corrected chi connectivity index (χ3v) is 6.34. The number of likely N-dealkylation sites (tertiary alicyclic amines) is 1. The van der Waals surface area contributed by atoms with Crippen molar-refractivity contribution in [3.8, 4) is 17.5 Å². The lowest BCUT2D eigenvalue weighted by atomic mass is 10.0. The van der Waals surface area contributed by atoms with E-state index < -0.39 is 0 Å². The lowest BCUT2D eigenvalue weighted by Crippen LogP contribution is -2.27. The summed E-state index contributed by atoms with van der Waals surface area (Å²) in [6.07, 6.45) is 0. The summed E-state index contributed by atoms with van der Waals surface area (Å²) < 4.78 is 1.58. The predicted octanol–water partition coefficient (Wildman–Crippen LogP) is 2.47. The molecule has 1 aromatic heterocycles. The molecule has 2 aliphatic rings. The summed E-state index contributed by atoms with van der Waals surface area (Å²) in [4.78, 5) is 22.7. The molecule has 3 aromatic rings. The summed E-state index contributed by atoms with van der Waals surface area (Å²) in [5.74, 6) is 2.00. The second kappa shape index (κ2) is 6.71. The van der Waals surface area contributed by atoms with Gasteiger partial charge in [0.1, 0.15) is 5.82 Å². The summed E-state index contributed by atoms with van der Waals surface area (Å²) >= 11 is 0. The second-order valence-corrected chi connectivity index (χ2v) is 8.34. The van der Waals surface area contributed by atoms with E-state index in [-0.39, 0.29) is 5.56 Å². The highest BCUT2D eigenvalue weighted by atomic mass is 16.1. The zero-order valence-corrected chi connectivity index (χ0v) is 16.7. The van der Waals surface area contributed by atoms with Gasteiger partial charge in [-0.15, -0.1) is 0 Å². The number of nitriles is 1. The zero-order chi connectivity index (χ0) is 20.1. The van der Waals surface area contributed by atoms with Crippen molar-refractivity contribution < 1.29 is 0 Å². The number of rotatable bonds is 2. The molecule has 0 radical (unpaired) electrons. The molecular weight excluding hydrogens is 362 g/mol. The Kier molecular flexibility index (Phi) is 4.14. The van der Waals surface area contributed by atoms with Crippen molar-refractivity contribution in [2.75, 3.05) is 38.1 Å². The van der Waals surface area contributed by atoms with Gasteiger partial charge in [0.15, 0.2) is 0 Å². The topological polar surface area (TPSA) is 65.2 Å². The summed E-state index contributed by atoms with van der Waals surface area (Å²) in [6, 6.07) is 15.4. The number of hydrogen-bond donors (Lipinski definition) is 0. The van der Waals surface area contributed by atoms with Crippen molar-refractivity contribution in [2.24, 2.45) is 18.9 Å². The van der Waals surface area contributed by atoms with Crippen LogP contribution in [0.2, 0.25) is 0 Å². The fourth-order valence-electron chi connectivity index (χ4n) is 4.88. The third-order valence-electron chi connectivity index (χ3n) is 6.34. The molecule has 6 nitrogen and oxygen atoms in total. The highest BCUT2D eigenvalue weighted by Gasteiger charge is 2.38. The third kappa shape index (κ3) is 2.99. The van der Waals surface area contributed by atoms with Crippen molar-refractivity contribution in [3.05, 3.63) is 58.4 Å². The van der Waals surface area contributed by atoms with Gasteiger partial charge in [-0.1, -0.05) is 12.1 Å². The molecule has 0 spiro atoms. The minimum Gasteiger partial charge on any atom is -0.371 e. The summed E-state index contributed by atoms with van der Waals surface area (Å²) in [7, 11) is 3.93. The van der Waals surface area contributed by atoms with Crippen LogP contribution in [-0.4, -0.2) is 47.7 Å². The Hall–Kier alpha value is -3.17. The molecular formula is C23H23N5O. The van der Waals surface area contributed by atoms with Gasteiger partial charge in [-0.25, -0.2) is 4.98 Å². The fourth-order valence-corrected chi connectivity index (χ4v) is 4.88. The minimum absolute atomic E-state index is 0.0617. The Balaban J connectivity index is 1.54. The molecule has 2 aromatic carbocycles. The molecule has 6 heteroatoms. The van der Waals surface area contributed by atoms with Crippen molar-refractivity contribution in [1.82, 2.24) is 14.5 Å². The maximum absolute atomic E-state index is 13.1. The largest absolute Gasteiger partial charge is 0.371 e. The van der Waals surface area contributed by atoms with E-state index in [1.807, 2.05) is 24.3 Å². The lowest BCUT2D eigenvalue weighted by molar-refractivity contribution is 0.387. The molecule has 2 unspecified atom stereocenters. The standard InChI is InChI=1S/C23H23N5O/c1-26-11-17-13-28(14-18(17)12-26)19-6-7-21-20(9-19)23(29)27(2)22(25-21)16-5-3-4-15(8-16)10-24/h3-9,17-18H,11-14H2,1-2H3. The second-order valence-electron chi connectivity index (χ2n) is 8.34. The first kappa shape index (κ1) is 17.9. The lowest BCUT2D eigenvalue weighted by Gasteiger charge is -2.22. The van der Waals surface area contributed by atoms with Gasteiger partial charge in [0, 0.05) is 44.5 Å². The number of aromatic nitrogens is 2. The van der Waals surface area contributed by atoms with Crippen LogP contribution in [0.25, 0.3) is 22.3 Å². The zero-order valence-electron chi connectivity index (χ0n) is 16.7. The smallest absolute Gasteiger partial charge is 0.261 e. The van der Waals surface area contributed by atoms with Crippen LogP contribution >= 0.6 is 0 Å². The van der Waals surface area contributed by atoms with Gasteiger partial charge >= 0.3 is 0 Å². The molecule has 0 amide bonds. The van der Waals surface area contributed by atoms with E-state index >= 15 is 0 Å². The Morgan fingerprint density at radius 2 is 1.79 bits per heavy atom. The number of anilines is 1. The minimum atomic E-state index is -0.0617. The quantitative estimate of drug-likeness (QED) is 0.678. The van der Waals surface area contributed by atoms with E-state index in [4.69, 9.17) is 10.2 Å². The van der Waals surface area contributed by atoms with Crippen molar-refractivity contribution in [1.29, 1.82) is 5.26 Å². The molecule has 0 saturated carbocycles. The highest BCUT2D eigenvalue weighted by molar-refractivity contribution is 5.83. The normalized spacial score (nSPS) is 21.5. The van der Waals surface area contributed by atoms with Gasteiger partial charge in [0.05, 0.1) is 22.5 Å². The fraction of sp³-hybridized carbons (Fsp3) is 0.348. The van der Waals surface area contributed by atoms with Crippen LogP contribution in [0.3, 0.4) is 0 Å². The van der Waals surface area contributed by atoms with Crippen LogP contribution in [-0.2, 0) is 7.05 Å². The maximum atomic E-state index is 13.1. The van der Waals surface area contributed by atoms with E-state index in [0.717, 1.165) is 37.4 Å². The average Bonchev–Trinajstić information content (AvgIpc) is 3.28. The van der Waals surface area contributed by atoms with Gasteiger partial charge < -0.3 is 9.80 Å². The Morgan fingerprint density at radius 1 is 1.03 bits per heavy atom. The van der Waals surface area contributed by atoms with E-state index in [1.165, 1.54) is 0 Å². The maximum Gasteiger partial charge on any atom is 0.261 e. The predicted molar refractivity (Wildman–Crippen MR) is 114 cm³/mol. The van der Waals surface area contributed by atoms with Crippen molar-refractivity contribution in [2.45, 2.75) is 0 Å². The number of hydrogen-bond acceptors (Lipinski definition) is 5. The number of nitrogens with zero attached hydrogens (tertiary/aromatic N) is 5. The van der Waals surface area contributed by atoms with E-state index in [0.29, 0.717) is 34.1 Å². The Bertz CT molecular complexity index is 1190. The van der Waals surface area contributed by atoms with Gasteiger partial charge in [-0.3, -0.25) is 9.36 Å². The van der Waals surface area contributed by atoms with E-state index in [9.17, 15) is 4.79 Å². The van der Waals surface area contributed by atoms with E-state index in [1.54, 1.807) is 23.7 Å². The van der Waals surface area contributed by atoms with Crippen LogP contribution in [0.1, 0.15) is 5.56 Å². The average molecular weight is 385 g/mol. The molecule has 0 aliphatic carbocycles. The molecule has 146 valence electrons. The molecule has 0 bridgehead atoms. The monoisotopic (exact) mass is 385 g/mol. The van der Waals surface area contributed by atoms with Crippen molar-refractivity contribution in [3.63, 3.8) is 0 Å². The molecule has 29 heavy (non-hydrogen) atoms. The SMILES string of the molecule is CN1CC2CN(c3ccc4nc(-c5cccc(C#N)c5)n(C)c(=O)c4c3)CC2C1. The van der Waals surface area contributed by atoms with Crippen LogP contribution in [0, 0.1) is 23.2 Å². The first-order chi connectivity index (χ1) is 14.0. The van der Waals surface area contributed by atoms with Gasteiger partial charge in [0.25, 0.3) is 5.56 Å². The molecule has 0 N–H and O–H groups in total. The van der Waals surface area contributed by atoms with Crippen LogP contribution < -0.4 is 10.5 Å². The molecule has 5 rings (SSSR count). The van der Waals surface area contributed by atoms with Gasteiger partial charge in [-0.2, -0.15) is 5.26 Å². The molecule has 3 heterocycles. The molecule has 2 atom stereocenters. The first-order valence-electron chi connectivity index (χ1n) is 9.98.